The molecule has 0 amide bonds. The standard InChI is InChI=1S/C19H19Cl2N7/c20-13-3-1-5-15(11-13)23-17-25-18(24-16-6-2-4-14(21)12-16)27-19(26-17)28-9-7-22-8-10-28/h1-6,11-12,22H,7-10H2,(H2,23,24,25,26,27). The first-order chi connectivity index (χ1) is 13.7. The average molecular weight is 416 g/mol. The fraction of sp³-hybridized carbons (Fsp3) is 0.211. The van der Waals surface area contributed by atoms with Crippen molar-refractivity contribution in [2.45, 2.75) is 0 Å². The van der Waals surface area contributed by atoms with E-state index in [1.165, 1.54) is 0 Å². The first-order valence-electron chi connectivity index (χ1n) is 8.93. The maximum absolute atomic E-state index is 6.08. The predicted molar refractivity (Wildman–Crippen MR) is 114 cm³/mol. The summed E-state index contributed by atoms with van der Waals surface area (Å²) >= 11 is 12.2. The van der Waals surface area contributed by atoms with Crippen molar-refractivity contribution < 1.29 is 0 Å². The van der Waals surface area contributed by atoms with Gasteiger partial charge in [-0.2, -0.15) is 15.0 Å². The molecule has 1 aliphatic rings. The lowest BCUT2D eigenvalue weighted by atomic mass is 10.3. The van der Waals surface area contributed by atoms with Gasteiger partial charge in [0.2, 0.25) is 17.8 Å². The van der Waals surface area contributed by atoms with Gasteiger partial charge in [0.1, 0.15) is 0 Å². The molecule has 3 N–H and O–H groups in total. The first-order valence-corrected chi connectivity index (χ1v) is 9.68. The molecule has 0 radical (unpaired) electrons. The summed E-state index contributed by atoms with van der Waals surface area (Å²) in [5.41, 5.74) is 1.61. The van der Waals surface area contributed by atoms with Crippen molar-refractivity contribution in [1.29, 1.82) is 0 Å². The van der Waals surface area contributed by atoms with Gasteiger partial charge < -0.3 is 20.9 Å². The molecule has 144 valence electrons. The van der Waals surface area contributed by atoms with Crippen molar-refractivity contribution in [3.05, 3.63) is 58.6 Å². The summed E-state index contributed by atoms with van der Waals surface area (Å²) in [5.74, 6) is 1.50. The number of piperazine rings is 1. The first kappa shape index (κ1) is 18.7. The molecular weight excluding hydrogens is 397 g/mol. The van der Waals surface area contributed by atoms with E-state index in [9.17, 15) is 0 Å². The van der Waals surface area contributed by atoms with Crippen molar-refractivity contribution in [3.8, 4) is 0 Å². The lowest BCUT2D eigenvalue weighted by molar-refractivity contribution is 0.579. The monoisotopic (exact) mass is 415 g/mol. The van der Waals surface area contributed by atoms with Crippen LogP contribution in [0.5, 0.6) is 0 Å². The van der Waals surface area contributed by atoms with Crippen LogP contribution in [0.1, 0.15) is 0 Å². The minimum Gasteiger partial charge on any atom is -0.338 e. The number of hydrogen-bond donors (Lipinski definition) is 3. The zero-order chi connectivity index (χ0) is 19.3. The molecule has 7 nitrogen and oxygen atoms in total. The van der Waals surface area contributed by atoms with E-state index in [1.807, 2.05) is 48.5 Å². The Bertz CT molecular complexity index is 895. The molecule has 3 aromatic rings. The highest BCUT2D eigenvalue weighted by molar-refractivity contribution is 6.31. The lowest BCUT2D eigenvalue weighted by Gasteiger charge is -2.27. The smallest absolute Gasteiger partial charge is 0.233 e. The number of benzene rings is 2. The van der Waals surface area contributed by atoms with Gasteiger partial charge in [-0.25, -0.2) is 0 Å². The number of anilines is 5. The van der Waals surface area contributed by atoms with Crippen LogP contribution in [0.2, 0.25) is 10.0 Å². The van der Waals surface area contributed by atoms with Crippen LogP contribution in [0.3, 0.4) is 0 Å². The number of nitrogens with zero attached hydrogens (tertiary/aromatic N) is 4. The van der Waals surface area contributed by atoms with Crippen LogP contribution in [-0.2, 0) is 0 Å². The topological polar surface area (TPSA) is 78.0 Å². The largest absolute Gasteiger partial charge is 0.338 e. The zero-order valence-electron chi connectivity index (χ0n) is 15.0. The van der Waals surface area contributed by atoms with Crippen LogP contribution < -0.4 is 20.9 Å². The number of hydrogen-bond acceptors (Lipinski definition) is 7. The highest BCUT2D eigenvalue weighted by atomic mass is 35.5. The molecule has 2 aromatic carbocycles. The van der Waals surface area contributed by atoms with Gasteiger partial charge in [0.05, 0.1) is 0 Å². The maximum atomic E-state index is 6.08. The molecule has 28 heavy (non-hydrogen) atoms. The second-order valence-electron chi connectivity index (χ2n) is 6.29. The van der Waals surface area contributed by atoms with Crippen LogP contribution in [-0.4, -0.2) is 41.1 Å². The van der Waals surface area contributed by atoms with Crippen molar-refractivity contribution in [2.75, 3.05) is 41.7 Å². The minimum atomic E-state index is 0.440. The van der Waals surface area contributed by atoms with Gasteiger partial charge >= 0.3 is 0 Å². The van der Waals surface area contributed by atoms with Crippen LogP contribution in [0, 0.1) is 0 Å². The molecule has 1 saturated heterocycles. The van der Waals surface area contributed by atoms with Crippen LogP contribution in [0.4, 0.5) is 29.2 Å². The Kier molecular flexibility index (Phi) is 5.76. The number of aromatic nitrogens is 3. The third-order valence-electron chi connectivity index (χ3n) is 4.18. The molecule has 1 aliphatic heterocycles. The summed E-state index contributed by atoms with van der Waals surface area (Å²) < 4.78 is 0. The summed E-state index contributed by atoms with van der Waals surface area (Å²) in [6.07, 6.45) is 0. The second kappa shape index (κ2) is 8.60. The Morgan fingerprint density at radius 2 is 1.32 bits per heavy atom. The summed E-state index contributed by atoms with van der Waals surface area (Å²) in [5, 5.41) is 11.0. The van der Waals surface area contributed by atoms with Gasteiger partial charge in [-0.05, 0) is 36.4 Å². The normalized spacial score (nSPS) is 14.0. The molecule has 0 aliphatic carbocycles. The van der Waals surface area contributed by atoms with E-state index in [2.05, 4.69) is 35.8 Å². The molecular formula is C19H19Cl2N7. The summed E-state index contributed by atoms with van der Waals surface area (Å²) in [4.78, 5) is 15.8. The molecule has 0 saturated carbocycles. The molecule has 0 spiro atoms. The van der Waals surface area contributed by atoms with Crippen LogP contribution in [0.15, 0.2) is 48.5 Å². The Morgan fingerprint density at radius 1 is 0.786 bits per heavy atom. The zero-order valence-corrected chi connectivity index (χ0v) is 16.5. The predicted octanol–water partition coefficient (Wildman–Crippen LogP) is 4.08. The molecule has 1 aromatic heterocycles. The van der Waals surface area contributed by atoms with Crippen LogP contribution in [0.25, 0.3) is 0 Å². The second-order valence-corrected chi connectivity index (χ2v) is 7.16. The van der Waals surface area contributed by atoms with Gasteiger partial charge in [0.25, 0.3) is 0 Å². The van der Waals surface area contributed by atoms with E-state index in [0.29, 0.717) is 27.9 Å². The quantitative estimate of drug-likeness (QED) is 0.579. The van der Waals surface area contributed by atoms with Crippen molar-refractivity contribution >= 4 is 52.4 Å². The number of halogens is 2. The van der Waals surface area contributed by atoms with Crippen molar-refractivity contribution in [1.82, 2.24) is 20.3 Å². The van der Waals surface area contributed by atoms with E-state index in [-0.39, 0.29) is 0 Å². The summed E-state index contributed by atoms with van der Waals surface area (Å²) in [6, 6.07) is 14.8. The molecule has 2 heterocycles. The lowest BCUT2D eigenvalue weighted by Crippen LogP contribution is -2.44. The molecule has 1 fully saturated rings. The number of rotatable bonds is 5. The minimum absolute atomic E-state index is 0.440. The highest BCUT2D eigenvalue weighted by Gasteiger charge is 2.16. The average Bonchev–Trinajstić information content (AvgIpc) is 2.68. The number of nitrogens with one attached hydrogen (secondary N) is 3. The highest BCUT2D eigenvalue weighted by Crippen LogP contribution is 2.23. The van der Waals surface area contributed by atoms with Gasteiger partial charge in [-0.1, -0.05) is 35.3 Å². The summed E-state index contributed by atoms with van der Waals surface area (Å²) in [7, 11) is 0. The third-order valence-corrected chi connectivity index (χ3v) is 4.66. The fourth-order valence-electron chi connectivity index (χ4n) is 2.87. The van der Waals surface area contributed by atoms with E-state index < -0.39 is 0 Å². The van der Waals surface area contributed by atoms with Gasteiger partial charge in [-0.15, -0.1) is 0 Å². The Hall–Kier alpha value is -2.61. The molecule has 0 bridgehead atoms. The summed E-state index contributed by atoms with van der Waals surface area (Å²) in [6.45, 7) is 3.44. The fourth-order valence-corrected chi connectivity index (χ4v) is 3.25. The van der Waals surface area contributed by atoms with E-state index in [0.717, 1.165) is 37.6 Å². The van der Waals surface area contributed by atoms with Gasteiger partial charge in [0, 0.05) is 47.6 Å². The maximum Gasteiger partial charge on any atom is 0.233 e. The third kappa shape index (κ3) is 4.81. The van der Waals surface area contributed by atoms with Crippen molar-refractivity contribution in [2.24, 2.45) is 0 Å². The van der Waals surface area contributed by atoms with E-state index >= 15 is 0 Å². The Balaban J connectivity index is 1.65. The van der Waals surface area contributed by atoms with E-state index in [1.54, 1.807) is 0 Å². The van der Waals surface area contributed by atoms with Crippen molar-refractivity contribution in [3.63, 3.8) is 0 Å². The Labute approximate surface area is 173 Å². The van der Waals surface area contributed by atoms with Gasteiger partial charge in [0.15, 0.2) is 0 Å². The molecule has 0 atom stereocenters. The van der Waals surface area contributed by atoms with Gasteiger partial charge in [-0.3, -0.25) is 0 Å². The SMILES string of the molecule is Clc1cccc(Nc2nc(Nc3cccc(Cl)c3)nc(N3CCNCC3)n2)c1. The Morgan fingerprint density at radius 3 is 1.82 bits per heavy atom. The molecule has 9 heteroatoms. The molecule has 4 rings (SSSR count). The van der Waals surface area contributed by atoms with Crippen LogP contribution >= 0.6 is 23.2 Å². The van der Waals surface area contributed by atoms with E-state index in [4.69, 9.17) is 23.2 Å². The molecule has 0 unspecified atom stereocenters.